The molecular weight excluding hydrogens is 410 g/mol. The minimum absolute atomic E-state index is 0.0581. The number of amides is 2. The lowest BCUT2D eigenvalue weighted by Crippen LogP contribution is -2.50. The second kappa shape index (κ2) is 12.2. The van der Waals surface area contributed by atoms with Gasteiger partial charge in [0.2, 0.25) is 5.91 Å². The van der Waals surface area contributed by atoms with Crippen molar-refractivity contribution < 1.29 is 9.59 Å². The lowest BCUT2D eigenvalue weighted by molar-refractivity contribution is -0.118. The first kappa shape index (κ1) is 24.5. The van der Waals surface area contributed by atoms with Crippen molar-refractivity contribution in [3.05, 3.63) is 65.7 Å². The van der Waals surface area contributed by atoms with Crippen LogP contribution in [0.3, 0.4) is 0 Å². The summed E-state index contributed by atoms with van der Waals surface area (Å²) in [7, 11) is 0. The van der Waals surface area contributed by atoms with E-state index in [4.69, 9.17) is 0 Å². The second-order valence-electron chi connectivity index (χ2n) is 8.72. The molecule has 1 heterocycles. The molecule has 0 unspecified atom stereocenters. The van der Waals surface area contributed by atoms with E-state index in [1.165, 1.54) is 0 Å². The van der Waals surface area contributed by atoms with Crippen LogP contribution in [-0.2, 0) is 4.79 Å². The van der Waals surface area contributed by atoms with Crippen LogP contribution in [0.1, 0.15) is 56.0 Å². The molecule has 1 fully saturated rings. The first-order valence-corrected chi connectivity index (χ1v) is 12.0. The number of carbonyl (C=O) groups is 2. The van der Waals surface area contributed by atoms with Crippen LogP contribution in [0, 0.1) is 11.8 Å². The number of para-hydroxylation sites is 1. The van der Waals surface area contributed by atoms with Gasteiger partial charge in [0.1, 0.15) is 0 Å². The highest BCUT2D eigenvalue weighted by Gasteiger charge is 2.23. The van der Waals surface area contributed by atoms with Crippen LogP contribution in [0.25, 0.3) is 0 Å². The van der Waals surface area contributed by atoms with Crippen LogP contribution in [0.5, 0.6) is 0 Å². The van der Waals surface area contributed by atoms with Crippen molar-refractivity contribution in [1.29, 1.82) is 0 Å². The fourth-order valence-corrected chi connectivity index (χ4v) is 3.97. The topological polar surface area (TPSA) is 43.9 Å². The van der Waals surface area contributed by atoms with Crippen LogP contribution in [0.15, 0.2) is 54.6 Å². The molecule has 0 aliphatic carbocycles. The molecule has 2 aromatic rings. The predicted molar refractivity (Wildman–Crippen MR) is 134 cm³/mol. The lowest BCUT2D eigenvalue weighted by Gasteiger charge is -2.37. The number of hydrogen-bond acceptors (Lipinski definition) is 3. The van der Waals surface area contributed by atoms with Gasteiger partial charge in [-0.05, 0) is 50.6 Å². The first-order chi connectivity index (χ1) is 16.0. The van der Waals surface area contributed by atoms with Gasteiger partial charge in [0.15, 0.2) is 0 Å². The third-order valence-electron chi connectivity index (χ3n) is 6.02. The van der Waals surface area contributed by atoms with Gasteiger partial charge < -0.3 is 9.80 Å². The molecule has 0 spiro atoms. The Morgan fingerprint density at radius 1 is 1.00 bits per heavy atom. The largest absolute Gasteiger partial charge is 0.336 e. The summed E-state index contributed by atoms with van der Waals surface area (Å²) in [5.74, 6) is 6.44. The van der Waals surface area contributed by atoms with E-state index in [0.717, 1.165) is 50.3 Å². The van der Waals surface area contributed by atoms with E-state index in [-0.39, 0.29) is 11.8 Å². The number of unbranched alkanes of at least 4 members (excludes halogenated alkanes) is 1. The van der Waals surface area contributed by atoms with E-state index in [1.807, 2.05) is 59.5 Å². The Balaban J connectivity index is 1.68. The van der Waals surface area contributed by atoms with Gasteiger partial charge in [-0.2, -0.15) is 0 Å². The molecule has 1 saturated heterocycles. The lowest BCUT2D eigenvalue weighted by atomic mass is 10.1. The summed E-state index contributed by atoms with van der Waals surface area (Å²) < 4.78 is 0. The zero-order valence-electron chi connectivity index (χ0n) is 20.1. The monoisotopic (exact) mass is 445 g/mol. The van der Waals surface area contributed by atoms with Crippen molar-refractivity contribution in [3.63, 3.8) is 0 Å². The van der Waals surface area contributed by atoms with Gasteiger partial charge in [0.25, 0.3) is 5.91 Å². The zero-order valence-corrected chi connectivity index (χ0v) is 20.1. The molecule has 174 valence electrons. The van der Waals surface area contributed by atoms with Gasteiger partial charge in [0, 0.05) is 55.5 Å². The van der Waals surface area contributed by atoms with Crippen LogP contribution in [0.2, 0.25) is 0 Å². The molecule has 0 aromatic heterocycles. The molecule has 0 saturated carbocycles. The summed E-state index contributed by atoms with van der Waals surface area (Å²) in [6.07, 6.45) is 2.36. The molecule has 33 heavy (non-hydrogen) atoms. The number of rotatable bonds is 7. The highest BCUT2D eigenvalue weighted by molar-refractivity contribution is 5.95. The van der Waals surface area contributed by atoms with Gasteiger partial charge in [0.05, 0.1) is 6.54 Å². The third kappa shape index (κ3) is 6.94. The van der Waals surface area contributed by atoms with Gasteiger partial charge in [-0.25, -0.2) is 0 Å². The Morgan fingerprint density at radius 3 is 2.39 bits per heavy atom. The van der Waals surface area contributed by atoms with Crippen LogP contribution in [0.4, 0.5) is 5.69 Å². The molecule has 5 heteroatoms. The maximum Gasteiger partial charge on any atom is 0.253 e. The van der Waals surface area contributed by atoms with Crippen LogP contribution < -0.4 is 4.90 Å². The van der Waals surface area contributed by atoms with Crippen molar-refractivity contribution in [2.75, 3.05) is 37.6 Å². The molecule has 0 atom stereocenters. The SMILES string of the molecule is CCCCC(=O)N(CC#Cc1cccc(C(=O)N2CCN(C(C)C)CC2)c1)c1ccccc1. The number of hydrogen-bond donors (Lipinski definition) is 0. The Labute approximate surface area is 198 Å². The first-order valence-electron chi connectivity index (χ1n) is 12.0. The Bertz CT molecular complexity index is 983. The fourth-order valence-electron chi connectivity index (χ4n) is 3.97. The smallest absolute Gasteiger partial charge is 0.253 e. The number of anilines is 1. The summed E-state index contributed by atoms with van der Waals surface area (Å²) in [6.45, 7) is 10.1. The zero-order chi connectivity index (χ0) is 23.6. The van der Waals surface area contributed by atoms with Crippen LogP contribution >= 0.6 is 0 Å². The molecular formula is C28H35N3O2. The summed E-state index contributed by atoms with van der Waals surface area (Å²) in [4.78, 5) is 31.8. The van der Waals surface area contributed by atoms with Crippen molar-refractivity contribution in [1.82, 2.24) is 9.80 Å². The van der Waals surface area contributed by atoms with E-state index in [0.29, 0.717) is 24.6 Å². The van der Waals surface area contributed by atoms with E-state index in [9.17, 15) is 9.59 Å². The van der Waals surface area contributed by atoms with Crippen molar-refractivity contribution >= 4 is 17.5 Å². The Kier molecular flexibility index (Phi) is 9.09. The van der Waals surface area contributed by atoms with Crippen molar-refractivity contribution in [3.8, 4) is 11.8 Å². The summed E-state index contributed by atoms with van der Waals surface area (Å²) in [6, 6.07) is 17.7. The summed E-state index contributed by atoms with van der Waals surface area (Å²) >= 11 is 0. The molecule has 5 nitrogen and oxygen atoms in total. The minimum Gasteiger partial charge on any atom is -0.336 e. The van der Waals surface area contributed by atoms with E-state index < -0.39 is 0 Å². The van der Waals surface area contributed by atoms with E-state index in [1.54, 1.807) is 4.90 Å². The molecule has 0 bridgehead atoms. The Hall–Kier alpha value is -3.10. The average Bonchev–Trinajstić information content (AvgIpc) is 2.85. The van der Waals surface area contributed by atoms with Crippen LogP contribution in [-0.4, -0.2) is 60.4 Å². The van der Waals surface area contributed by atoms with Gasteiger partial charge in [-0.1, -0.05) is 49.5 Å². The average molecular weight is 446 g/mol. The molecule has 0 radical (unpaired) electrons. The highest BCUT2D eigenvalue weighted by Crippen LogP contribution is 2.16. The van der Waals surface area contributed by atoms with E-state index in [2.05, 4.69) is 37.5 Å². The second-order valence-corrected chi connectivity index (χ2v) is 8.72. The molecule has 0 N–H and O–H groups in total. The minimum atomic E-state index is 0.0581. The molecule has 3 rings (SSSR count). The van der Waals surface area contributed by atoms with E-state index >= 15 is 0 Å². The third-order valence-corrected chi connectivity index (χ3v) is 6.02. The maximum atomic E-state index is 13.0. The Morgan fingerprint density at radius 2 is 1.73 bits per heavy atom. The van der Waals surface area contributed by atoms with Crippen molar-refractivity contribution in [2.24, 2.45) is 0 Å². The number of nitrogens with zero attached hydrogens (tertiary/aromatic N) is 3. The van der Waals surface area contributed by atoms with Crippen molar-refractivity contribution in [2.45, 2.75) is 46.1 Å². The summed E-state index contributed by atoms with van der Waals surface area (Å²) in [5, 5.41) is 0. The standard InChI is InChI=1S/C28H35N3O2/c1-4-5-16-27(32)31(26-14-7-6-8-15-26)17-10-12-24-11-9-13-25(22-24)28(33)30-20-18-29(19-21-30)23(2)3/h6-9,11,13-15,22-23H,4-5,16-21H2,1-3H3. The molecule has 1 aliphatic heterocycles. The maximum absolute atomic E-state index is 13.0. The normalized spacial score (nSPS) is 14.0. The highest BCUT2D eigenvalue weighted by atomic mass is 16.2. The molecule has 1 aliphatic rings. The quantitative estimate of drug-likeness (QED) is 0.593. The number of piperazine rings is 1. The van der Waals surface area contributed by atoms with Gasteiger partial charge in [-0.3, -0.25) is 14.5 Å². The summed E-state index contributed by atoms with van der Waals surface area (Å²) in [5.41, 5.74) is 2.31. The molecule has 2 amide bonds. The number of carbonyl (C=O) groups excluding carboxylic acids is 2. The van der Waals surface area contributed by atoms with Gasteiger partial charge >= 0.3 is 0 Å². The number of benzene rings is 2. The van der Waals surface area contributed by atoms with Gasteiger partial charge in [-0.15, -0.1) is 0 Å². The molecule has 2 aromatic carbocycles. The predicted octanol–water partition coefficient (Wildman–Crippen LogP) is 4.43. The fraction of sp³-hybridized carbons (Fsp3) is 0.429.